The molecule has 0 aliphatic heterocycles. The van der Waals surface area contributed by atoms with Gasteiger partial charge in [-0.1, -0.05) is 0 Å². The third-order valence-corrected chi connectivity index (χ3v) is 2.57. The minimum atomic E-state index is -4.43. The van der Waals surface area contributed by atoms with E-state index in [0.717, 1.165) is 12.1 Å². The molecule has 1 atom stereocenters. The summed E-state index contributed by atoms with van der Waals surface area (Å²) in [5.41, 5.74) is 5.16. The van der Waals surface area contributed by atoms with Crippen LogP contribution in [0.15, 0.2) is 24.3 Å². The predicted octanol–water partition coefficient (Wildman–Crippen LogP) is 2.27. The molecule has 0 radical (unpaired) electrons. The van der Waals surface area contributed by atoms with Crippen LogP contribution in [0.2, 0.25) is 0 Å². The van der Waals surface area contributed by atoms with Crippen molar-refractivity contribution in [1.82, 2.24) is 4.98 Å². The van der Waals surface area contributed by atoms with Gasteiger partial charge < -0.3 is 15.8 Å². The molecule has 18 heavy (non-hydrogen) atoms. The van der Waals surface area contributed by atoms with E-state index in [1.54, 1.807) is 0 Å². The summed E-state index contributed by atoms with van der Waals surface area (Å²) in [7, 11) is 0. The van der Waals surface area contributed by atoms with Crippen molar-refractivity contribution in [3.8, 4) is 0 Å². The molecule has 0 spiro atoms. The number of H-pyrrole nitrogens is 1. The number of halogens is 3. The monoisotopic (exact) mass is 258 g/mol. The number of nitrogens with one attached hydrogen (secondary N) is 1. The standard InChI is InChI=1S/C11H9F3N2O2/c12-11(13,14)6-1-2-7-5(3-6)4-8(16-7)9(15)10(17)18/h1-4,9,16H,15H2,(H,17,18). The van der Waals surface area contributed by atoms with Gasteiger partial charge in [0.2, 0.25) is 0 Å². The highest BCUT2D eigenvalue weighted by Crippen LogP contribution is 2.31. The van der Waals surface area contributed by atoms with Gasteiger partial charge in [0, 0.05) is 16.6 Å². The maximum atomic E-state index is 12.5. The van der Waals surface area contributed by atoms with E-state index in [2.05, 4.69) is 4.98 Å². The quantitative estimate of drug-likeness (QED) is 0.773. The molecule has 4 N–H and O–H groups in total. The number of hydrogen-bond acceptors (Lipinski definition) is 2. The summed E-state index contributed by atoms with van der Waals surface area (Å²) in [6.45, 7) is 0. The summed E-state index contributed by atoms with van der Waals surface area (Å²) < 4.78 is 37.4. The van der Waals surface area contributed by atoms with Gasteiger partial charge in [-0.15, -0.1) is 0 Å². The summed E-state index contributed by atoms with van der Waals surface area (Å²) in [6, 6.07) is 3.14. The number of aromatic amines is 1. The summed E-state index contributed by atoms with van der Waals surface area (Å²) in [4.78, 5) is 13.4. The number of carbonyl (C=O) groups is 1. The first-order chi connectivity index (χ1) is 8.29. The number of hydrogen-bond donors (Lipinski definition) is 3. The van der Waals surface area contributed by atoms with Crippen molar-refractivity contribution in [1.29, 1.82) is 0 Å². The molecule has 0 saturated heterocycles. The Balaban J connectivity index is 2.49. The lowest BCUT2D eigenvalue weighted by Crippen LogP contribution is -2.20. The molecule has 0 bridgehead atoms. The average Bonchev–Trinajstić information content (AvgIpc) is 2.68. The first-order valence-corrected chi connectivity index (χ1v) is 4.97. The summed E-state index contributed by atoms with van der Waals surface area (Å²) in [6.07, 6.45) is -4.43. The molecule has 96 valence electrons. The van der Waals surface area contributed by atoms with Crippen LogP contribution in [-0.2, 0) is 11.0 Å². The van der Waals surface area contributed by atoms with Crippen LogP contribution in [0.5, 0.6) is 0 Å². The van der Waals surface area contributed by atoms with Crippen molar-refractivity contribution in [2.45, 2.75) is 12.2 Å². The Kier molecular flexibility index (Phi) is 2.78. The lowest BCUT2D eigenvalue weighted by atomic mass is 10.1. The van der Waals surface area contributed by atoms with Gasteiger partial charge in [0.05, 0.1) is 5.56 Å². The molecule has 1 aromatic heterocycles. The van der Waals surface area contributed by atoms with Crippen molar-refractivity contribution in [2.75, 3.05) is 0 Å². The van der Waals surface area contributed by atoms with Crippen LogP contribution in [0.4, 0.5) is 13.2 Å². The van der Waals surface area contributed by atoms with E-state index >= 15 is 0 Å². The van der Waals surface area contributed by atoms with E-state index < -0.39 is 23.8 Å². The molecule has 2 aromatic rings. The number of carboxylic acids is 1. The predicted molar refractivity (Wildman–Crippen MR) is 57.9 cm³/mol. The van der Waals surface area contributed by atoms with Gasteiger partial charge in [-0.3, -0.25) is 4.79 Å². The average molecular weight is 258 g/mol. The van der Waals surface area contributed by atoms with Gasteiger partial charge in [-0.05, 0) is 24.3 Å². The molecule has 4 nitrogen and oxygen atoms in total. The van der Waals surface area contributed by atoms with Crippen molar-refractivity contribution < 1.29 is 23.1 Å². The van der Waals surface area contributed by atoms with E-state index in [1.165, 1.54) is 12.1 Å². The molecule has 7 heteroatoms. The fraction of sp³-hybridized carbons (Fsp3) is 0.182. The molecule has 0 saturated carbocycles. The number of alkyl halides is 3. The Hall–Kier alpha value is -2.02. The Morgan fingerprint density at radius 1 is 1.33 bits per heavy atom. The second kappa shape index (κ2) is 4.02. The third kappa shape index (κ3) is 2.17. The van der Waals surface area contributed by atoms with Gasteiger partial charge in [0.15, 0.2) is 0 Å². The number of nitrogens with two attached hydrogens (primary N) is 1. The van der Waals surface area contributed by atoms with Crippen LogP contribution in [0.25, 0.3) is 10.9 Å². The molecule has 0 amide bonds. The van der Waals surface area contributed by atoms with Crippen LogP contribution in [0.1, 0.15) is 17.3 Å². The van der Waals surface area contributed by atoms with Crippen molar-refractivity contribution >= 4 is 16.9 Å². The number of benzene rings is 1. The molecular weight excluding hydrogens is 249 g/mol. The van der Waals surface area contributed by atoms with Crippen LogP contribution in [-0.4, -0.2) is 16.1 Å². The minimum Gasteiger partial charge on any atom is -0.480 e. The highest BCUT2D eigenvalue weighted by molar-refractivity contribution is 5.84. The Morgan fingerprint density at radius 2 is 2.00 bits per heavy atom. The first-order valence-electron chi connectivity index (χ1n) is 4.97. The van der Waals surface area contributed by atoms with E-state index in [1.807, 2.05) is 0 Å². The molecule has 1 aromatic carbocycles. The topological polar surface area (TPSA) is 79.1 Å². The van der Waals surface area contributed by atoms with Crippen molar-refractivity contribution in [3.63, 3.8) is 0 Å². The maximum Gasteiger partial charge on any atom is 0.416 e. The maximum absolute atomic E-state index is 12.5. The molecule has 1 heterocycles. The van der Waals surface area contributed by atoms with Crippen LogP contribution in [0.3, 0.4) is 0 Å². The molecular formula is C11H9F3N2O2. The largest absolute Gasteiger partial charge is 0.480 e. The second-order valence-corrected chi connectivity index (χ2v) is 3.84. The smallest absolute Gasteiger partial charge is 0.416 e. The fourth-order valence-corrected chi connectivity index (χ4v) is 1.63. The molecule has 2 rings (SSSR count). The zero-order chi connectivity index (χ0) is 13.5. The normalized spacial score (nSPS) is 13.8. The highest BCUT2D eigenvalue weighted by Gasteiger charge is 2.30. The molecule has 0 aliphatic carbocycles. The number of aromatic nitrogens is 1. The molecule has 1 unspecified atom stereocenters. The summed E-state index contributed by atoms with van der Waals surface area (Å²) >= 11 is 0. The zero-order valence-electron chi connectivity index (χ0n) is 8.95. The van der Waals surface area contributed by atoms with E-state index in [4.69, 9.17) is 10.8 Å². The molecule has 0 aliphatic rings. The van der Waals surface area contributed by atoms with Gasteiger partial charge in [-0.25, -0.2) is 0 Å². The van der Waals surface area contributed by atoms with Gasteiger partial charge in [0.25, 0.3) is 0 Å². The van der Waals surface area contributed by atoms with Gasteiger partial charge in [0.1, 0.15) is 6.04 Å². The van der Waals surface area contributed by atoms with Crippen molar-refractivity contribution in [2.24, 2.45) is 5.73 Å². The number of carboxylic acid groups (broad SMARTS) is 1. The lowest BCUT2D eigenvalue weighted by molar-refractivity contribution is -0.139. The SMILES string of the molecule is NC(C(=O)O)c1cc2cc(C(F)(F)F)ccc2[nH]1. The highest BCUT2D eigenvalue weighted by atomic mass is 19.4. The number of aliphatic carboxylic acids is 1. The number of rotatable bonds is 2. The number of fused-ring (bicyclic) bond motifs is 1. The lowest BCUT2D eigenvalue weighted by Gasteiger charge is -2.05. The Labute approximate surface area is 99.2 Å². The summed E-state index contributed by atoms with van der Waals surface area (Å²) in [5, 5.41) is 8.99. The Bertz CT molecular complexity index is 604. The minimum absolute atomic E-state index is 0.164. The van der Waals surface area contributed by atoms with E-state index in [0.29, 0.717) is 5.52 Å². The van der Waals surface area contributed by atoms with Crippen LogP contribution >= 0.6 is 0 Å². The molecule has 0 fully saturated rings. The second-order valence-electron chi connectivity index (χ2n) is 3.84. The van der Waals surface area contributed by atoms with E-state index in [-0.39, 0.29) is 11.1 Å². The first kappa shape index (κ1) is 12.4. The zero-order valence-corrected chi connectivity index (χ0v) is 8.95. The summed E-state index contributed by atoms with van der Waals surface area (Å²) in [5.74, 6) is -1.25. The van der Waals surface area contributed by atoms with Gasteiger partial charge >= 0.3 is 12.1 Å². The third-order valence-electron chi connectivity index (χ3n) is 2.57. The van der Waals surface area contributed by atoms with Crippen LogP contribution < -0.4 is 5.73 Å². The van der Waals surface area contributed by atoms with Crippen molar-refractivity contribution in [3.05, 3.63) is 35.5 Å². The Morgan fingerprint density at radius 3 is 2.56 bits per heavy atom. The van der Waals surface area contributed by atoms with Crippen LogP contribution in [0, 0.1) is 0 Å². The fourth-order valence-electron chi connectivity index (χ4n) is 1.63. The van der Waals surface area contributed by atoms with Gasteiger partial charge in [-0.2, -0.15) is 13.2 Å². The van der Waals surface area contributed by atoms with E-state index in [9.17, 15) is 18.0 Å².